The van der Waals surface area contributed by atoms with Crippen molar-refractivity contribution in [1.82, 2.24) is 4.98 Å². The predicted molar refractivity (Wildman–Crippen MR) is 43.0 cm³/mol. The highest BCUT2D eigenvalue weighted by atomic mass is 19.4. The average molecular weight is 275 g/mol. The minimum Gasteiger partial charge on any atom is -0.505 e. The van der Waals surface area contributed by atoms with E-state index in [1.54, 1.807) is 0 Å². The van der Waals surface area contributed by atoms with Crippen LogP contribution in [-0.2, 0) is 6.18 Å². The van der Waals surface area contributed by atoms with Crippen molar-refractivity contribution in [3.63, 3.8) is 0 Å². The molecule has 0 spiro atoms. The standard InChI is InChI=1S/C8H3F6NO3/c9-7(10,11)5-4(18-8(12,13)14)1-15-3(2-16)6(5)17/h1-2,17H. The van der Waals surface area contributed by atoms with Crippen LogP contribution < -0.4 is 4.74 Å². The molecule has 1 rings (SSSR count). The number of aldehydes is 1. The first-order chi connectivity index (χ1) is 8.06. The first kappa shape index (κ1) is 14.1. The number of carbonyl (C=O) groups excluding carboxylic acids is 1. The maximum atomic E-state index is 12.4. The van der Waals surface area contributed by atoms with Crippen molar-refractivity contribution in [2.45, 2.75) is 12.5 Å². The molecule has 18 heavy (non-hydrogen) atoms. The number of halogens is 6. The first-order valence-corrected chi connectivity index (χ1v) is 4.06. The molecule has 0 aromatic carbocycles. The molecule has 0 unspecified atom stereocenters. The summed E-state index contributed by atoms with van der Waals surface area (Å²) in [5, 5.41) is 9.04. The highest BCUT2D eigenvalue weighted by molar-refractivity contribution is 5.77. The summed E-state index contributed by atoms with van der Waals surface area (Å²) in [6.07, 6.45) is -10.9. The van der Waals surface area contributed by atoms with Crippen LogP contribution in [0.25, 0.3) is 0 Å². The van der Waals surface area contributed by atoms with Gasteiger partial charge in [-0.2, -0.15) is 13.2 Å². The summed E-state index contributed by atoms with van der Waals surface area (Å²) in [6, 6.07) is 0. The molecular weight excluding hydrogens is 272 g/mol. The Hall–Kier alpha value is -2.00. The molecule has 0 amide bonds. The van der Waals surface area contributed by atoms with Gasteiger partial charge in [0.1, 0.15) is 11.3 Å². The largest absolute Gasteiger partial charge is 0.573 e. The third kappa shape index (κ3) is 3.02. The highest BCUT2D eigenvalue weighted by Crippen LogP contribution is 2.43. The Labute approximate surface area is 94.8 Å². The van der Waals surface area contributed by atoms with E-state index in [1.807, 2.05) is 0 Å². The molecule has 10 heteroatoms. The maximum Gasteiger partial charge on any atom is 0.573 e. The highest BCUT2D eigenvalue weighted by Gasteiger charge is 2.43. The number of aromatic nitrogens is 1. The van der Waals surface area contributed by atoms with Crippen molar-refractivity contribution in [3.05, 3.63) is 17.5 Å². The number of rotatable bonds is 2. The quantitative estimate of drug-likeness (QED) is 0.665. The van der Waals surface area contributed by atoms with E-state index in [1.165, 1.54) is 0 Å². The smallest absolute Gasteiger partial charge is 0.505 e. The lowest BCUT2D eigenvalue weighted by Gasteiger charge is -2.16. The summed E-state index contributed by atoms with van der Waals surface area (Å²) in [6.45, 7) is 0. The summed E-state index contributed by atoms with van der Waals surface area (Å²) in [7, 11) is 0. The molecule has 0 saturated heterocycles. The molecule has 1 aromatic heterocycles. The van der Waals surface area contributed by atoms with Crippen molar-refractivity contribution in [3.8, 4) is 11.5 Å². The van der Waals surface area contributed by atoms with Crippen LogP contribution in [0.3, 0.4) is 0 Å². The van der Waals surface area contributed by atoms with Crippen LogP contribution in [0.1, 0.15) is 16.1 Å². The number of ether oxygens (including phenoxy) is 1. The van der Waals surface area contributed by atoms with Crippen LogP contribution in [0.4, 0.5) is 26.3 Å². The van der Waals surface area contributed by atoms with Crippen LogP contribution in [0.5, 0.6) is 11.5 Å². The number of hydrogen-bond acceptors (Lipinski definition) is 4. The van der Waals surface area contributed by atoms with Crippen molar-refractivity contribution >= 4 is 6.29 Å². The van der Waals surface area contributed by atoms with Crippen LogP contribution in [-0.4, -0.2) is 22.7 Å². The van der Waals surface area contributed by atoms with E-state index >= 15 is 0 Å². The Morgan fingerprint density at radius 3 is 2.17 bits per heavy atom. The lowest BCUT2D eigenvalue weighted by atomic mass is 10.2. The zero-order valence-corrected chi connectivity index (χ0v) is 8.13. The number of pyridine rings is 1. The predicted octanol–water partition coefficient (Wildman–Crippen LogP) is 2.52. The van der Waals surface area contributed by atoms with E-state index < -0.39 is 35.3 Å². The van der Waals surface area contributed by atoms with E-state index in [9.17, 15) is 31.1 Å². The van der Waals surface area contributed by atoms with Gasteiger partial charge in [-0.1, -0.05) is 0 Å². The number of hydrogen-bond donors (Lipinski definition) is 1. The SMILES string of the molecule is O=Cc1ncc(OC(F)(F)F)c(C(F)(F)F)c1O. The van der Waals surface area contributed by atoms with E-state index in [4.69, 9.17) is 5.11 Å². The second-order valence-electron chi connectivity index (χ2n) is 2.89. The number of aromatic hydroxyl groups is 1. The zero-order valence-electron chi connectivity index (χ0n) is 8.13. The maximum absolute atomic E-state index is 12.4. The molecule has 1 aromatic rings. The number of nitrogens with zero attached hydrogens (tertiary/aromatic N) is 1. The van der Waals surface area contributed by atoms with E-state index in [2.05, 4.69) is 9.72 Å². The monoisotopic (exact) mass is 275 g/mol. The third-order valence-electron chi connectivity index (χ3n) is 1.67. The molecule has 0 fully saturated rings. The van der Waals surface area contributed by atoms with Gasteiger partial charge in [-0.15, -0.1) is 13.2 Å². The second-order valence-corrected chi connectivity index (χ2v) is 2.89. The molecule has 4 nitrogen and oxygen atoms in total. The molecule has 0 aliphatic heterocycles. The van der Waals surface area contributed by atoms with E-state index in [0.29, 0.717) is 0 Å². The molecule has 0 radical (unpaired) electrons. The normalized spacial score (nSPS) is 12.3. The van der Waals surface area contributed by atoms with Gasteiger partial charge >= 0.3 is 12.5 Å². The van der Waals surface area contributed by atoms with E-state index in [-0.39, 0.29) is 12.5 Å². The summed E-state index contributed by atoms with van der Waals surface area (Å²) >= 11 is 0. The number of alkyl halides is 6. The van der Waals surface area contributed by atoms with Gasteiger partial charge in [0.2, 0.25) is 0 Å². The van der Waals surface area contributed by atoms with Gasteiger partial charge in [-0.05, 0) is 0 Å². The molecule has 1 N–H and O–H groups in total. The fourth-order valence-electron chi connectivity index (χ4n) is 1.06. The fraction of sp³-hybridized carbons (Fsp3) is 0.250. The minimum atomic E-state index is -5.39. The van der Waals surface area contributed by atoms with E-state index in [0.717, 1.165) is 0 Å². The molecule has 0 bridgehead atoms. The summed E-state index contributed by atoms with van der Waals surface area (Å²) in [5.74, 6) is -3.46. The Balaban J connectivity index is 3.44. The Kier molecular flexibility index (Phi) is 3.40. The topological polar surface area (TPSA) is 59.4 Å². The van der Waals surface area contributed by atoms with Crippen LogP contribution in [0.2, 0.25) is 0 Å². The molecule has 100 valence electrons. The van der Waals surface area contributed by atoms with Crippen LogP contribution >= 0.6 is 0 Å². The van der Waals surface area contributed by atoms with Crippen LogP contribution in [0, 0.1) is 0 Å². The molecule has 1 heterocycles. The molecule has 0 aliphatic rings. The van der Waals surface area contributed by atoms with Gasteiger partial charge in [0.15, 0.2) is 17.8 Å². The molecule has 0 aliphatic carbocycles. The van der Waals surface area contributed by atoms with Crippen molar-refractivity contribution in [1.29, 1.82) is 0 Å². The second kappa shape index (κ2) is 4.35. The average Bonchev–Trinajstić information content (AvgIpc) is 2.13. The zero-order chi connectivity index (χ0) is 14.1. The summed E-state index contributed by atoms with van der Waals surface area (Å²) < 4.78 is 76.0. The molecular formula is C8H3F6NO3. The lowest BCUT2D eigenvalue weighted by molar-refractivity contribution is -0.276. The molecule has 0 atom stereocenters. The van der Waals surface area contributed by atoms with Gasteiger partial charge in [0.05, 0.1) is 6.20 Å². The third-order valence-corrected chi connectivity index (χ3v) is 1.67. The Morgan fingerprint density at radius 1 is 1.22 bits per heavy atom. The summed E-state index contributed by atoms with van der Waals surface area (Å²) in [5.41, 5.74) is -3.16. The van der Waals surface area contributed by atoms with Gasteiger partial charge in [0, 0.05) is 0 Å². The van der Waals surface area contributed by atoms with Crippen LogP contribution in [0.15, 0.2) is 6.20 Å². The Morgan fingerprint density at radius 2 is 1.78 bits per heavy atom. The Bertz CT molecular complexity index is 467. The first-order valence-electron chi connectivity index (χ1n) is 4.06. The van der Waals surface area contributed by atoms with Crippen molar-refractivity contribution in [2.24, 2.45) is 0 Å². The molecule has 0 saturated carbocycles. The van der Waals surface area contributed by atoms with Gasteiger partial charge in [0.25, 0.3) is 0 Å². The number of carbonyl (C=O) groups is 1. The van der Waals surface area contributed by atoms with Gasteiger partial charge in [-0.25, -0.2) is 4.98 Å². The summed E-state index contributed by atoms with van der Waals surface area (Å²) in [4.78, 5) is 13.2. The lowest BCUT2D eigenvalue weighted by Crippen LogP contribution is -2.21. The van der Waals surface area contributed by atoms with Crippen molar-refractivity contribution < 1.29 is 41.0 Å². The minimum absolute atomic E-state index is 0.0553. The fourth-order valence-corrected chi connectivity index (χ4v) is 1.06. The van der Waals surface area contributed by atoms with Crippen molar-refractivity contribution in [2.75, 3.05) is 0 Å². The van der Waals surface area contributed by atoms with Gasteiger partial charge < -0.3 is 9.84 Å². The van der Waals surface area contributed by atoms with Gasteiger partial charge in [-0.3, -0.25) is 4.79 Å².